The summed E-state index contributed by atoms with van der Waals surface area (Å²) in [7, 11) is 2.15. The summed E-state index contributed by atoms with van der Waals surface area (Å²) in [5, 5.41) is -0.390. The van der Waals surface area contributed by atoms with Crippen LogP contribution in [0.1, 0.15) is 15.9 Å². The van der Waals surface area contributed by atoms with Gasteiger partial charge in [0.05, 0.1) is 0 Å². The third-order valence-corrected chi connectivity index (χ3v) is 4.49. The maximum Gasteiger partial charge on any atom is 0.252 e. The van der Waals surface area contributed by atoms with Gasteiger partial charge in [0.2, 0.25) is 0 Å². The molecule has 1 aliphatic heterocycles. The van der Waals surface area contributed by atoms with E-state index in [9.17, 15) is 4.79 Å². The highest BCUT2D eigenvalue weighted by Gasteiger charge is 2.15. The summed E-state index contributed by atoms with van der Waals surface area (Å²) in [6, 6.07) is 5.68. The smallest absolute Gasteiger partial charge is 0.252 e. The van der Waals surface area contributed by atoms with Crippen molar-refractivity contribution in [2.75, 3.05) is 33.2 Å². The average molecular weight is 452 g/mol. The fourth-order valence-electron chi connectivity index (χ4n) is 2.04. The molecule has 0 bridgehead atoms. The highest BCUT2D eigenvalue weighted by atomic mass is 127. The lowest BCUT2D eigenvalue weighted by molar-refractivity contribution is 0.108. The largest absolute Gasteiger partial charge is 0.304 e. The van der Waals surface area contributed by atoms with E-state index in [-0.39, 0.29) is 30.1 Å². The van der Waals surface area contributed by atoms with Crippen LogP contribution in [0.5, 0.6) is 0 Å². The van der Waals surface area contributed by atoms with Gasteiger partial charge in [0.1, 0.15) is 0 Å². The van der Waals surface area contributed by atoms with Crippen LogP contribution in [-0.2, 0) is 6.54 Å². The Balaban J connectivity index is 0.00000180. The van der Waals surface area contributed by atoms with Crippen LogP contribution in [0, 0.1) is 3.57 Å². The molecule has 0 saturated carbocycles. The molecule has 1 aromatic carbocycles. The molecular formula is C13H18Cl3IN2O. The molecule has 2 rings (SSSR count). The predicted octanol–water partition coefficient (Wildman–Crippen LogP) is 3.26. The van der Waals surface area contributed by atoms with E-state index < -0.39 is 0 Å². The summed E-state index contributed by atoms with van der Waals surface area (Å²) in [6.45, 7) is 5.39. The number of nitrogens with zero attached hydrogens (tertiary/aromatic N) is 2. The minimum Gasteiger partial charge on any atom is -0.304 e. The third-order valence-electron chi connectivity index (χ3n) is 3.27. The predicted molar refractivity (Wildman–Crippen MR) is 96.6 cm³/mol. The van der Waals surface area contributed by atoms with Crippen molar-refractivity contribution >= 4 is 64.2 Å². The summed E-state index contributed by atoms with van der Waals surface area (Å²) in [6.07, 6.45) is 0. The van der Waals surface area contributed by atoms with E-state index in [2.05, 4.69) is 39.4 Å². The summed E-state index contributed by atoms with van der Waals surface area (Å²) < 4.78 is 1.11. The lowest BCUT2D eigenvalue weighted by Crippen LogP contribution is -2.43. The molecule has 0 spiro atoms. The van der Waals surface area contributed by atoms with Gasteiger partial charge >= 0.3 is 0 Å². The fraction of sp³-hybridized carbons (Fsp3) is 0.462. The number of hydrogen-bond donors (Lipinski definition) is 0. The van der Waals surface area contributed by atoms with Crippen molar-refractivity contribution in [3.8, 4) is 0 Å². The number of benzene rings is 1. The SMILES string of the molecule is CN1CCN(Cc2ccc(C(=O)Cl)cc2I)CC1.Cl.Cl. The Bertz CT molecular complexity index is 451. The third kappa shape index (κ3) is 5.66. The highest BCUT2D eigenvalue weighted by Crippen LogP contribution is 2.18. The van der Waals surface area contributed by atoms with Crippen LogP contribution in [0.4, 0.5) is 0 Å². The number of rotatable bonds is 3. The molecule has 3 nitrogen and oxygen atoms in total. The Kier molecular flexibility index (Phi) is 9.63. The molecule has 0 aromatic heterocycles. The highest BCUT2D eigenvalue weighted by molar-refractivity contribution is 14.1. The van der Waals surface area contributed by atoms with Gasteiger partial charge in [0.15, 0.2) is 0 Å². The van der Waals surface area contributed by atoms with Gasteiger partial charge in [-0.25, -0.2) is 0 Å². The van der Waals surface area contributed by atoms with Gasteiger partial charge in [-0.1, -0.05) is 6.07 Å². The number of piperazine rings is 1. The number of carbonyl (C=O) groups excluding carboxylic acids is 1. The number of likely N-dealkylation sites (N-methyl/N-ethyl adjacent to an activating group) is 1. The molecule has 1 aromatic rings. The van der Waals surface area contributed by atoms with E-state index in [4.69, 9.17) is 11.6 Å². The first kappa shape index (κ1) is 20.4. The van der Waals surface area contributed by atoms with Crippen molar-refractivity contribution in [3.63, 3.8) is 0 Å². The molecule has 0 amide bonds. The van der Waals surface area contributed by atoms with Gasteiger partial charge in [0.25, 0.3) is 5.24 Å². The lowest BCUT2D eigenvalue weighted by Gasteiger charge is -2.32. The molecule has 114 valence electrons. The molecular weight excluding hydrogens is 433 g/mol. The Morgan fingerprint density at radius 3 is 2.35 bits per heavy atom. The molecule has 0 atom stereocenters. The Morgan fingerprint density at radius 1 is 1.25 bits per heavy atom. The van der Waals surface area contributed by atoms with E-state index in [0.29, 0.717) is 5.56 Å². The number of halogens is 4. The average Bonchev–Trinajstić information content (AvgIpc) is 2.34. The summed E-state index contributed by atoms with van der Waals surface area (Å²) in [5.74, 6) is 0. The second kappa shape index (κ2) is 9.43. The van der Waals surface area contributed by atoms with Gasteiger partial charge in [-0.15, -0.1) is 24.8 Å². The Morgan fingerprint density at radius 2 is 1.85 bits per heavy atom. The summed E-state index contributed by atoms with van der Waals surface area (Å²) in [5.41, 5.74) is 1.84. The van der Waals surface area contributed by atoms with Crippen LogP contribution in [0.3, 0.4) is 0 Å². The Hall–Kier alpha value is 0.410. The molecule has 1 aliphatic rings. The van der Waals surface area contributed by atoms with Crippen LogP contribution in [-0.4, -0.2) is 48.3 Å². The van der Waals surface area contributed by atoms with Crippen molar-refractivity contribution in [1.82, 2.24) is 9.80 Å². The molecule has 1 heterocycles. The second-order valence-corrected chi connectivity index (χ2v) is 6.16. The van der Waals surface area contributed by atoms with Crippen LogP contribution in [0.15, 0.2) is 18.2 Å². The van der Waals surface area contributed by atoms with Crippen molar-refractivity contribution in [2.24, 2.45) is 0 Å². The van der Waals surface area contributed by atoms with Gasteiger partial charge in [-0.3, -0.25) is 9.69 Å². The van der Waals surface area contributed by atoms with Crippen molar-refractivity contribution in [1.29, 1.82) is 0 Å². The van der Waals surface area contributed by atoms with Gasteiger partial charge < -0.3 is 4.90 Å². The van der Waals surface area contributed by atoms with E-state index in [1.54, 1.807) is 0 Å². The lowest BCUT2D eigenvalue weighted by atomic mass is 10.1. The molecule has 0 unspecified atom stereocenters. The van der Waals surface area contributed by atoms with Crippen molar-refractivity contribution < 1.29 is 4.79 Å². The van der Waals surface area contributed by atoms with E-state index >= 15 is 0 Å². The number of hydrogen-bond acceptors (Lipinski definition) is 3. The Labute approximate surface area is 151 Å². The second-order valence-electron chi connectivity index (χ2n) is 4.66. The zero-order valence-corrected chi connectivity index (χ0v) is 15.7. The number of carbonyl (C=O) groups is 1. The zero-order chi connectivity index (χ0) is 13.1. The first-order valence-electron chi connectivity index (χ1n) is 5.95. The standard InChI is InChI=1S/C13H16ClIN2O.2ClH/c1-16-4-6-17(7-5-16)9-11-3-2-10(13(14)18)8-12(11)15;;/h2-3,8H,4-7,9H2,1H3;2*1H. The maximum absolute atomic E-state index is 11.1. The van der Waals surface area contributed by atoms with Crippen molar-refractivity contribution in [2.45, 2.75) is 6.54 Å². The van der Waals surface area contributed by atoms with E-state index in [0.717, 1.165) is 36.3 Å². The topological polar surface area (TPSA) is 23.6 Å². The van der Waals surface area contributed by atoms with Gasteiger partial charge in [0, 0.05) is 41.9 Å². The molecule has 7 heteroatoms. The first-order valence-corrected chi connectivity index (χ1v) is 7.41. The summed E-state index contributed by atoms with van der Waals surface area (Å²) >= 11 is 7.75. The molecule has 1 fully saturated rings. The fourth-order valence-corrected chi connectivity index (χ4v) is 2.85. The monoisotopic (exact) mass is 450 g/mol. The van der Waals surface area contributed by atoms with E-state index in [1.165, 1.54) is 5.56 Å². The zero-order valence-electron chi connectivity index (χ0n) is 11.1. The maximum atomic E-state index is 11.1. The molecule has 0 N–H and O–H groups in total. The minimum atomic E-state index is -0.390. The minimum absolute atomic E-state index is 0. The van der Waals surface area contributed by atoms with Crippen LogP contribution < -0.4 is 0 Å². The molecule has 1 saturated heterocycles. The van der Waals surface area contributed by atoms with Crippen LogP contribution in [0.25, 0.3) is 0 Å². The summed E-state index contributed by atoms with van der Waals surface area (Å²) in [4.78, 5) is 15.9. The normalized spacial score (nSPS) is 16.1. The quantitative estimate of drug-likeness (QED) is 0.521. The van der Waals surface area contributed by atoms with Gasteiger partial charge in [-0.2, -0.15) is 0 Å². The molecule has 0 aliphatic carbocycles. The molecule has 20 heavy (non-hydrogen) atoms. The van der Waals surface area contributed by atoms with Gasteiger partial charge in [-0.05, 0) is 58.9 Å². The van der Waals surface area contributed by atoms with Crippen molar-refractivity contribution in [3.05, 3.63) is 32.9 Å². The van der Waals surface area contributed by atoms with E-state index in [1.807, 2.05) is 18.2 Å². The van der Waals surface area contributed by atoms with Crippen LogP contribution >= 0.6 is 59.0 Å². The van der Waals surface area contributed by atoms with Crippen LogP contribution in [0.2, 0.25) is 0 Å². The molecule has 0 radical (unpaired) electrons. The first-order chi connectivity index (χ1) is 8.56.